The van der Waals surface area contributed by atoms with Crippen LogP contribution in [-0.4, -0.2) is 35.1 Å². The maximum absolute atomic E-state index is 13.7. The predicted octanol–water partition coefficient (Wildman–Crippen LogP) is 4.92. The molecule has 0 heterocycles. The molecule has 36 heavy (non-hydrogen) atoms. The molecule has 0 aromatic heterocycles. The molecule has 3 aromatic carbocycles. The molecule has 0 radical (unpaired) electrons. The van der Waals surface area contributed by atoms with Crippen molar-refractivity contribution in [1.82, 2.24) is 5.32 Å². The van der Waals surface area contributed by atoms with Crippen molar-refractivity contribution in [3.63, 3.8) is 0 Å². The molecule has 1 aliphatic rings. The molecule has 0 saturated carbocycles. The van der Waals surface area contributed by atoms with Crippen LogP contribution in [0.5, 0.6) is 11.5 Å². The van der Waals surface area contributed by atoms with Crippen molar-refractivity contribution in [2.24, 2.45) is 0 Å². The van der Waals surface area contributed by atoms with Crippen molar-refractivity contribution in [1.29, 1.82) is 0 Å². The number of nitrogens with one attached hydrogen (secondary N) is 1. The van der Waals surface area contributed by atoms with Gasteiger partial charge in [0, 0.05) is 11.1 Å². The molecule has 1 N–H and O–H groups in total. The Morgan fingerprint density at radius 1 is 0.972 bits per heavy atom. The van der Waals surface area contributed by atoms with Gasteiger partial charge in [0.15, 0.2) is 11.5 Å². The Morgan fingerprint density at radius 2 is 1.67 bits per heavy atom. The van der Waals surface area contributed by atoms with Crippen molar-refractivity contribution >= 4 is 33.2 Å². The van der Waals surface area contributed by atoms with Crippen molar-refractivity contribution < 1.29 is 22.7 Å². The lowest BCUT2D eigenvalue weighted by Crippen LogP contribution is -2.41. The second-order valence-corrected chi connectivity index (χ2v) is 11.0. The number of sulfonamides is 1. The Labute approximate surface area is 217 Å². The van der Waals surface area contributed by atoms with Gasteiger partial charge in [-0.2, -0.15) is 0 Å². The summed E-state index contributed by atoms with van der Waals surface area (Å²) in [5.41, 5.74) is 3.97. The Bertz CT molecular complexity index is 1360. The van der Waals surface area contributed by atoms with E-state index in [1.54, 1.807) is 24.3 Å². The summed E-state index contributed by atoms with van der Waals surface area (Å²) in [4.78, 5) is 13.1. The van der Waals surface area contributed by atoms with Gasteiger partial charge in [0.2, 0.25) is 5.91 Å². The third-order valence-corrected chi connectivity index (χ3v) is 8.37. The second kappa shape index (κ2) is 10.8. The second-order valence-electron chi connectivity index (χ2n) is 8.68. The van der Waals surface area contributed by atoms with E-state index in [-0.39, 0.29) is 16.7 Å². The topological polar surface area (TPSA) is 84.9 Å². The van der Waals surface area contributed by atoms with Gasteiger partial charge in [0.1, 0.15) is 6.54 Å². The molecule has 0 bridgehead atoms. The summed E-state index contributed by atoms with van der Waals surface area (Å²) in [5, 5.41) is 3.40. The molecule has 0 spiro atoms. The van der Waals surface area contributed by atoms with Gasteiger partial charge in [-0.1, -0.05) is 29.8 Å². The summed E-state index contributed by atoms with van der Waals surface area (Å²) in [6.45, 7) is 1.48. The number of methoxy groups -OCH3 is 2. The van der Waals surface area contributed by atoms with Crippen LogP contribution in [0.2, 0.25) is 5.02 Å². The van der Waals surface area contributed by atoms with Gasteiger partial charge >= 0.3 is 0 Å². The fourth-order valence-electron chi connectivity index (χ4n) is 4.39. The van der Waals surface area contributed by atoms with Crippen LogP contribution in [0, 0.1) is 0 Å². The number of anilines is 1. The van der Waals surface area contributed by atoms with E-state index in [1.807, 2.05) is 13.0 Å². The maximum Gasteiger partial charge on any atom is 0.264 e. The Kier molecular flexibility index (Phi) is 7.76. The van der Waals surface area contributed by atoms with Gasteiger partial charge in [-0.15, -0.1) is 0 Å². The van der Waals surface area contributed by atoms with Crippen LogP contribution >= 0.6 is 11.6 Å². The minimum atomic E-state index is -4.13. The Hall–Kier alpha value is -3.23. The van der Waals surface area contributed by atoms with Crippen LogP contribution in [0.4, 0.5) is 5.69 Å². The maximum atomic E-state index is 13.7. The molecule has 0 fully saturated rings. The first kappa shape index (κ1) is 25.9. The number of amides is 1. The van der Waals surface area contributed by atoms with Crippen molar-refractivity contribution in [2.75, 3.05) is 25.1 Å². The molecule has 1 amide bonds. The van der Waals surface area contributed by atoms with Crippen molar-refractivity contribution in [2.45, 2.75) is 37.1 Å². The SMILES string of the molecule is COc1ccc(S(=O)(=O)N(CC(=O)NC(C)c2ccc3c(c2)CCC3)c2ccc(Cl)cc2)cc1OC. The van der Waals surface area contributed by atoms with E-state index < -0.39 is 22.5 Å². The Morgan fingerprint density at radius 3 is 2.36 bits per heavy atom. The van der Waals surface area contributed by atoms with E-state index in [2.05, 4.69) is 17.4 Å². The largest absolute Gasteiger partial charge is 0.493 e. The fraction of sp³-hybridized carbons (Fsp3) is 0.296. The van der Waals surface area contributed by atoms with E-state index in [9.17, 15) is 13.2 Å². The summed E-state index contributed by atoms with van der Waals surface area (Å²) < 4.78 is 39.0. The molecule has 1 aliphatic carbocycles. The van der Waals surface area contributed by atoms with Gasteiger partial charge in [0.05, 0.1) is 30.8 Å². The third-order valence-electron chi connectivity index (χ3n) is 6.34. The van der Waals surface area contributed by atoms with Gasteiger partial charge in [-0.05, 0) is 79.3 Å². The number of nitrogens with zero attached hydrogens (tertiary/aromatic N) is 1. The molecule has 4 rings (SSSR count). The number of carbonyl (C=O) groups is 1. The van der Waals surface area contributed by atoms with Gasteiger partial charge in [0.25, 0.3) is 10.0 Å². The van der Waals surface area contributed by atoms with Crippen LogP contribution in [0.25, 0.3) is 0 Å². The predicted molar refractivity (Wildman–Crippen MR) is 141 cm³/mol. The molecule has 190 valence electrons. The molecular weight excluding hydrogens is 500 g/mol. The monoisotopic (exact) mass is 528 g/mol. The van der Waals surface area contributed by atoms with E-state index in [0.717, 1.165) is 29.1 Å². The summed E-state index contributed by atoms with van der Waals surface area (Å²) in [6.07, 6.45) is 3.27. The number of hydrogen-bond acceptors (Lipinski definition) is 5. The highest BCUT2D eigenvalue weighted by Gasteiger charge is 2.29. The van der Waals surface area contributed by atoms with Crippen molar-refractivity contribution in [3.05, 3.63) is 82.4 Å². The number of rotatable bonds is 9. The third kappa shape index (κ3) is 5.44. The highest BCUT2D eigenvalue weighted by molar-refractivity contribution is 7.92. The van der Waals surface area contributed by atoms with Crippen molar-refractivity contribution in [3.8, 4) is 11.5 Å². The summed E-state index contributed by atoms with van der Waals surface area (Å²) >= 11 is 6.03. The molecule has 7 nitrogen and oxygen atoms in total. The quantitative estimate of drug-likeness (QED) is 0.426. The number of carbonyl (C=O) groups excluding carboxylic acids is 1. The zero-order valence-corrected chi connectivity index (χ0v) is 22.0. The van der Waals surface area contributed by atoms with Gasteiger partial charge < -0.3 is 14.8 Å². The van der Waals surface area contributed by atoms with E-state index >= 15 is 0 Å². The lowest BCUT2D eigenvalue weighted by molar-refractivity contribution is -0.120. The molecule has 0 aliphatic heterocycles. The highest BCUT2D eigenvalue weighted by atomic mass is 35.5. The van der Waals surface area contributed by atoms with Crippen LogP contribution in [0.15, 0.2) is 65.6 Å². The number of hydrogen-bond donors (Lipinski definition) is 1. The minimum Gasteiger partial charge on any atom is -0.493 e. The average Bonchev–Trinajstić information content (AvgIpc) is 3.35. The van der Waals surface area contributed by atoms with Crippen LogP contribution in [-0.2, 0) is 27.7 Å². The first-order chi connectivity index (χ1) is 17.2. The lowest BCUT2D eigenvalue weighted by Gasteiger charge is -2.25. The lowest BCUT2D eigenvalue weighted by atomic mass is 10.0. The molecule has 0 saturated heterocycles. The molecule has 1 unspecified atom stereocenters. The zero-order chi connectivity index (χ0) is 25.9. The van der Waals surface area contributed by atoms with Crippen LogP contribution in [0.3, 0.4) is 0 Å². The molecular formula is C27H29ClN2O5S. The Balaban J connectivity index is 1.61. The number of fused-ring (bicyclic) bond motifs is 1. The zero-order valence-electron chi connectivity index (χ0n) is 20.5. The summed E-state index contributed by atoms with van der Waals surface area (Å²) in [5.74, 6) is 0.238. The van der Waals surface area contributed by atoms with E-state index in [0.29, 0.717) is 16.5 Å². The van der Waals surface area contributed by atoms with E-state index in [1.165, 1.54) is 43.5 Å². The van der Waals surface area contributed by atoms with E-state index in [4.69, 9.17) is 21.1 Å². The molecule has 1 atom stereocenters. The van der Waals surface area contributed by atoms with Gasteiger partial charge in [-0.25, -0.2) is 8.42 Å². The minimum absolute atomic E-state index is 0.0328. The molecule has 9 heteroatoms. The van der Waals surface area contributed by atoms with Gasteiger partial charge in [-0.3, -0.25) is 9.10 Å². The number of halogens is 1. The van der Waals surface area contributed by atoms with Crippen LogP contribution in [0.1, 0.15) is 36.1 Å². The smallest absolute Gasteiger partial charge is 0.264 e. The number of aryl methyl sites for hydroxylation is 2. The molecule has 3 aromatic rings. The standard InChI is InChI=1S/C27H29ClN2O5S/c1-18(20-8-7-19-5-4-6-21(19)15-20)29-27(31)17-30(23-11-9-22(28)10-12-23)36(32,33)24-13-14-25(34-2)26(16-24)35-3/h7-16,18H,4-6,17H2,1-3H3,(H,29,31). The average molecular weight is 529 g/mol. The normalized spacial score (nSPS) is 13.6. The first-order valence-corrected chi connectivity index (χ1v) is 13.5. The fourth-order valence-corrected chi connectivity index (χ4v) is 5.95. The van der Waals surface area contributed by atoms with Crippen LogP contribution < -0.4 is 19.1 Å². The number of benzene rings is 3. The summed E-state index contributed by atoms with van der Waals surface area (Å²) in [7, 11) is -1.23. The number of ether oxygens (including phenoxy) is 2. The highest BCUT2D eigenvalue weighted by Crippen LogP contribution is 2.32. The summed E-state index contributed by atoms with van der Waals surface area (Å²) in [6, 6.07) is 16.6. The first-order valence-electron chi connectivity index (χ1n) is 11.6.